The summed E-state index contributed by atoms with van der Waals surface area (Å²) in [4.78, 5) is 10.1. The molecule has 0 fully saturated rings. The first-order valence-electron chi connectivity index (χ1n) is 8.19. The van der Waals surface area contributed by atoms with Gasteiger partial charge in [-0.2, -0.15) is 0 Å². The molecule has 0 aliphatic carbocycles. The summed E-state index contributed by atoms with van der Waals surface area (Å²) in [5, 5.41) is 8.46. The van der Waals surface area contributed by atoms with Crippen LogP contribution in [0, 0.1) is 13.8 Å². The number of aryl methyl sites for hydroxylation is 2. The maximum absolute atomic E-state index is 6.06. The molecule has 0 spiro atoms. The third-order valence-corrected chi connectivity index (χ3v) is 5.26. The van der Waals surface area contributed by atoms with Gasteiger partial charge in [0, 0.05) is 43.6 Å². The lowest BCUT2D eigenvalue weighted by atomic mass is 10.1. The summed E-state index contributed by atoms with van der Waals surface area (Å²) < 4.78 is 5.56. The van der Waals surface area contributed by atoms with Gasteiger partial charge in [0.2, 0.25) is 0 Å². The molecule has 25 heavy (non-hydrogen) atoms. The summed E-state index contributed by atoms with van der Waals surface area (Å²) in [7, 11) is 3.45. The number of methoxy groups -OCH3 is 1. The minimum Gasteiger partial charge on any atom is -0.375 e. The average molecular weight is 381 g/mol. The molecule has 2 rings (SSSR count). The predicted molar refractivity (Wildman–Crippen MR) is 106 cm³/mol. The number of hydrogen-bond acceptors (Lipinski definition) is 4. The highest BCUT2D eigenvalue weighted by Gasteiger charge is 2.12. The number of rotatable bonds is 7. The van der Waals surface area contributed by atoms with Crippen molar-refractivity contribution in [1.29, 1.82) is 0 Å². The van der Waals surface area contributed by atoms with Crippen LogP contribution in [0.1, 0.15) is 27.2 Å². The van der Waals surface area contributed by atoms with Crippen LogP contribution >= 0.6 is 22.9 Å². The third-order valence-electron chi connectivity index (χ3n) is 3.89. The number of hydrogen-bond donors (Lipinski definition) is 2. The summed E-state index contributed by atoms with van der Waals surface area (Å²) in [5.41, 5.74) is 2.15. The Labute approximate surface area is 158 Å². The lowest BCUT2D eigenvalue weighted by molar-refractivity contribution is 0.106. The molecule has 0 aliphatic rings. The molecule has 0 saturated heterocycles. The quantitative estimate of drug-likeness (QED) is 0.570. The van der Waals surface area contributed by atoms with E-state index in [4.69, 9.17) is 16.3 Å². The van der Waals surface area contributed by atoms with Gasteiger partial charge >= 0.3 is 0 Å². The molecular formula is C18H25ClN4OS. The molecule has 5 nitrogen and oxygen atoms in total. The fourth-order valence-corrected chi connectivity index (χ4v) is 3.52. The van der Waals surface area contributed by atoms with Crippen molar-refractivity contribution < 1.29 is 4.74 Å². The standard InChI is InChI=1S/C18H25ClN4OS/c1-12-13(2)25-17(23-12)8-9-21-18(20-3)22-11-16(24-4)14-6-5-7-15(19)10-14/h5-7,10,16H,8-9,11H2,1-4H3,(H2,20,21,22). The van der Waals surface area contributed by atoms with Gasteiger partial charge in [0.25, 0.3) is 0 Å². The van der Waals surface area contributed by atoms with Crippen LogP contribution in [-0.2, 0) is 11.2 Å². The van der Waals surface area contributed by atoms with Gasteiger partial charge in [-0.1, -0.05) is 23.7 Å². The molecule has 1 atom stereocenters. The Morgan fingerprint density at radius 2 is 2.16 bits per heavy atom. The maximum atomic E-state index is 6.06. The van der Waals surface area contributed by atoms with E-state index in [2.05, 4.69) is 27.5 Å². The number of guanidine groups is 1. The van der Waals surface area contributed by atoms with E-state index in [0.717, 1.165) is 35.2 Å². The van der Waals surface area contributed by atoms with Gasteiger partial charge in [0.15, 0.2) is 5.96 Å². The third kappa shape index (κ3) is 5.99. The highest BCUT2D eigenvalue weighted by molar-refractivity contribution is 7.11. The molecule has 1 heterocycles. The van der Waals surface area contributed by atoms with Crippen molar-refractivity contribution in [2.24, 2.45) is 4.99 Å². The first-order chi connectivity index (χ1) is 12.0. The lowest BCUT2D eigenvalue weighted by Gasteiger charge is -2.19. The summed E-state index contributed by atoms with van der Waals surface area (Å²) in [6.07, 6.45) is 0.781. The Morgan fingerprint density at radius 1 is 1.36 bits per heavy atom. The number of aliphatic imine (C=N–C) groups is 1. The van der Waals surface area contributed by atoms with Gasteiger partial charge in [0.1, 0.15) is 0 Å². The van der Waals surface area contributed by atoms with Crippen molar-refractivity contribution in [3.05, 3.63) is 50.4 Å². The molecule has 0 saturated carbocycles. The summed E-state index contributed by atoms with van der Waals surface area (Å²) in [5.74, 6) is 0.745. The van der Waals surface area contributed by atoms with Gasteiger partial charge in [0.05, 0.1) is 16.8 Å². The summed E-state index contributed by atoms with van der Waals surface area (Å²) >= 11 is 7.81. The molecule has 1 unspecified atom stereocenters. The zero-order chi connectivity index (χ0) is 18.2. The number of ether oxygens (including phenoxy) is 1. The number of nitrogens with one attached hydrogen (secondary N) is 2. The molecule has 136 valence electrons. The molecule has 0 bridgehead atoms. The smallest absolute Gasteiger partial charge is 0.191 e. The van der Waals surface area contributed by atoms with Crippen LogP contribution in [0.2, 0.25) is 5.02 Å². The molecular weight excluding hydrogens is 356 g/mol. The molecule has 2 N–H and O–H groups in total. The Bertz CT molecular complexity index is 697. The maximum Gasteiger partial charge on any atom is 0.191 e. The van der Waals surface area contributed by atoms with Crippen LogP contribution in [0.15, 0.2) is 29.3 Å². The molecule has 0 amide bonds. The van der Waals surface area contributed by atoms with Crippen LogP contribution in [0.5, 0.6) is 0 Å². The van der Waals surface area contributed by atoms with Crippen molar-refractivity contribution in [1.82, 2.24) is 15.6 Å². The molecule has 0 aliphatic heterocycles. The largest absolute Gasteiger partial charge is 0.375 e. The Morgan fingerprint density at radius 3 is 2.76 bits per heavy atom. The molecule has 1 aromatic carbocycles. The summed E-state index contributed by atoms with van der Waals surface area (Å²) in [6, 6.07) is 7.70. The highest BCUT2D eigenvalue weighted by atomic mass is 35.5. The molecule has 0 radical (unpaired) electrons. The van der Waals surface area contributed by atoms with Crippen LogP contribution in [0.25, 0.3) is 0 Å². The molecule has 1 aromatic heterocycles. The van der Waals surface area contributed by atoms with Crippen molar-refractivity contribution in [3.8, 4) is 0 Å². The molecule has 7 heteroatoms. The highest BCUT2D eigenvalue weighted by Crippen LogP contribution is 2.19. The lowest BCUT2D eigenvalue weighted by Crippen LogP contribution is -2.40. The first-order valence-corrected chi connectivity index (χ1v) is 9.38. The minimum absolute atomic E-state index is 0.0958. The predicted octanol–water partition coefficient (Wildman–Crippen LogP) is 3.51. The van der Waals surface area contributed by atoms with Gasteiger partial charge in [-0.15, -0.1) is 11.3 Å². The Balaban J connectivity index is 1.82. The van der Waals surface area contributed by atoms with E-state index in [1.54, 1.807) is 25.5 Å². The monoisotopic (exact) mass is 380 g/mol. The second-order valence-corrected chi connectivity index (χ2v) is 7.38. The van der Waals surface area contributed by atoms with Gasteiger partial charge in [-0.05, 0) is 31.5 Å². The van der Waals surface area contributed by atoms with Crippen LogP contribution < -0.4 is 10.6 Å². The fourth-order valence-electron chi connectivity index (χ4n) is 2.39. The Kier molecular flexibility index (Phi) is 7.68. The Hall–Kier alpha value is -1.63. The van der Waals surface area contributed by atoms with E-state index in [9.17, 15) is 0 Å². The van der Waals surface area contributed by atoms with Crippen molar-refractivity contribution in [3.63, 3.8) is 0 Å². The van der Waals surface area contributed by atoms with E-state index in [0.29, 0.717) is 11.6 Å². The van der Waals surface area contributed by atoms with Crippen molar-refractivity contribution in [2.45, 2.75) is 26.4 Å². The van der Waals surface area contributed by atoms with Gasteiger partial charge < -0.3 is 15.4 Å². The van der Waals surface area contributed by atoms with E-state index in [-0.39, 0.29) is 6.10 Å². The van der Waals surface area contributed by atoms with E-state index < -0.39 is 0 Å². The number of thiazole rings is 1. The SMILES string of the molecule is CN=C(NCCc1nc(C)c(C)s1)NCC(OC)c1cccc(Cl)c1. The first kappa shape index (κ1) is 19.7. The van der Waals surface area contributed by atoms with Gasteiger partial charge in [-0.25, -0.2) is 4.98 Å². The zero-order valence-corrected chi connectivity index (χ0v) is 16.7. The molecule has 2 aromatic rings. The van der Waals surface area contributed by atoms with Crippen molar-refractivity contribution in [2.75, 3.05) is 27.2 Å². The number of nitrogens with zero attached hydrogens (tertiary/aromatic N) is 2. The van der Waals surface area contributed by atoms with E-state index >= 15 is 0 Å². The van der Waals surface area contributed by atoms with Crippen LogP contribution in [0.3, 0.4) is 0 Å². The van der Waals surface area contributed by atoms with Crippen LogP contribution in [0.4, 0.5) is 0 Å². The number of benzene rings is 1. The van der Waals surface area contributed by atoms with Crippen LogP contribution in [-0.4, -0.2) is 38.2 Å². The van der Waals surface area contributed by atoms with E-state index in [1.807, 2.05) is 31.2 Å². The number of aromatic nitrogens is 1. The number of halogens is 1. The second-order valence-electron chi connectivity index (χ2n) is 5.66. The normalized spacial score (nSPS) is 12.9. The summed E-state index contributed by atoms with van der Waals surface area (Å²) in [6.45, 7) is 5.53. The minimum atomic E-state index is -0.0958. The van der Waals surface area contributed by atoms with Gasteiger partial charge in [-0.3, -0.25) is 4.99 Å². The zero-order valence-electron chi connectivity index (χ0n) is 15.1. The second kappa shape index (κ2) is 9.75. The fraction of sp³-hybridized carbons (Fsp3) is 0.444. The van der Waals surface area contributed by atoms with Crippen molar-refractivity contribution >= 4 is 28.9 Å². The van der Waals surface area contributed by atoms with E-state index in [1.165, 1.54) is 4.88 Å². The topological polar surface area (TPSA) is 58.5 Å². The average Bonchev–Trinajstić information content (AvgIpc) is 2.91.